The van der Waals surface area contributed by atoms with Crippen molar-refractivity contribution in [3.05, 3.63) is 35.6 Å². The fraction of sp³-hybridized carbons (Fsp3) is 0.467. The average molecular weight is 280 g/mol. The molecule has 0 aromatic heterocycles. The lowest BCUT2D eigenvalue weighted by Gasteiger charge is -2.19. The van der Waals surface area contributed by atoms with Crippen LogP contribution >= 0.6 is 0 Å². The van der Waals surface area contributed by atoms with Gasteiger partial charge in [-0.25, -0.2) is 4.79 Å². The molecule has 0 aliphatic carbocycles. The van der Waals surface area contributed by atoms with E-state index in [1.807, 2.05) is 13.0 Å². The molecule has 0 fully saturated rings. The van der Waals surface area contributed by atoms with Crippen LogP contribution in [-0.4, -0.2) is 33.7 Å². The van der Waals surface area contributed by atoms with Gasteiger partial charge in [-0.15, -0.1) is 0 Å². The molecule has 2 atom stereocenters. The molecule has 2 unspecified atom stereocenters. The van der Waals surface area contributed by atoms with Crippen molar-refractivity contribution < 1.29 is 24.5 Å². The summed E-state index contributed by atoms with van der Waals surface area (Å²) in [6, 6.07) is 0. The zero-order chi connectivity index (χ0) is 15.3. The van der Waals surface area contributed by atoms with Gasteiger partial charge in [0.05, 0.1) is 6.10 Å². The van der Waals surface area contributed by atoms with Crippen LogP contribution < -0.4 is 0 Å². The summed E-state index contributed by atoms with van der Waals surface area (Å²) in [4.78, 5) is 23.4. The summed E-state index contributed by atoms with van der Waals surface area (Å²) in [6.45, 7) is 5.01. The highest BCUT2D eigenvalue weighted by Gasteiger charge is 2.46. The van der Waals surface area contributed by atoms with E-state index in [0.29, 0.717) is 0 Å². The lowest BCUT2D eigenvalue weighted by molar-refractivity contribution is -0.135. The molecule has 1 rings (SSSR count). The van der Waals surface area contributed by atoms with Gasteiger partial charge in [0.2, 0.25) is 5.78 Å². The number of carbonyl (C=O) groups is 2. The maximum absolute atomic E-state index is 12.2. The average Bonchev–Trinajstić information content (AvgIpc) is 2.56. The molecule has 0 aromatic rings. The number of aliphatic hydroxyl groups is 1. The Balaban J connectivity index is 3.02. The molecule has 1 aliphatic heterocycles. The normalized spacial score (nSPS) is 24.7. The number of carboxylic acids is 1. The van der Waals surface area contributed by atoms with Gasteiger partial charge in [0.25, 0.3) is 0 Å². The van der Waals surface area contributed by atoms with Crippen LogP contribution in [-0.2, 0) is 14.3 Å². The number of carboxylic acid groups (broad SMARTS) is 1. The fourth-order valence-corrected chi connectivity index (χ4v) is 1.92. The van der Waals surface area contributed by atoms with E-state index < -0.39 is 23.5 Å². The van der Waals surface area contributed by atoms with Gasteiger partial charge in [0, 0.05) is 6.42 Å². The van der Waals surface area contributed by atoms with Crippen LogP contribution in [0.5, 0.6) is 0 Å². The largest absolute Gasteiger partial charge is 0.478 e. The summed E-state index contributed by atoms with van der Waals surface area (Å²) in [5.74, 6) is -1.89. The smallest absolute Gasteiger partial charge is 0.342 e. The zero-order valence-corrected chi connectivity index (χ0v) is 11.9. The Bertz CT molecular complexity index is 484. The third-order valence-electron chi connectivity index (χ3n) is 2.88. The van der Waals surface area contributed by atoms with E-state index in [1.165, 1.54) is 19.9 Å². The highest BCUT2D eigenvalue weighted by atomic mass is 16.5. The van der Waals surface area contributed by atoms with Gasteiger partial charge >= 0.3 is 5.97 Å². The molecule has 5 nitrogen and oxygen atoms in total. The number of allylic oxidation sites excluding steroid dienone is 3. The number of ketones is 1. The van der Waals surface area contributed by atoms with Crippen molar-refractivity contribution in [2.75, 3.05) is 0 Å². The van der Waals surface area contributed by atoms with E-state index >= 15 is 0 Å². The Hall–Kier alpha value is -1.88. The Labute approximate surface area is 118 Å². The second kappa shape index (κ2) is 6.52. The van der Waals surface area contributed by atoms with Crippen LogP contribution in [0.15, 0.2) is 35.6 Å². The van der Waals surface area contributed by atoms with E-state index in [0.717, 1.165) is 6.42 Å². The van der Waals surface area contributed by atoms with Gasteiger partial charge in [-0.1, -0.05) is 25.2 Å². The number of rotatable bonds is 6. The summed E-state index contributed by atoms with van der Waals surface area (Å²) in [5, 5.41) is 18.5. The molecule has 0 saturated heterocycles. The molecular weight excluding hydrogens is 260 g/mol. The highest BCUT2D eigenvalue weighted by molar-refractivity contribution is 6.22. The Morgan fingerprint density at radius 2 is 2.10 bits per heavy atom. The molecule has 0 aromatic carbocycles. The predicted molar refractivity (Wildman–Crippen MR) is 74.0 cm³/mol. The van der Waals surface area contributed by atoms with Crippen molar-refractivity contribution in [3.8, 4) is 0 Å². The number of aliphatic carboxylic acids is 1. The van der Waals surface area contributed by atoms with E-state index in [2.05, 4.69) is 0 Å². The van der Waals surface area contributed by atoms with E-state index in [-0.39, 0.29) is 17.8 Å². The first-order valence-electron chi connectivity index (χ1n) is 6.54. The van der Waals surface area contributed by atoms with Gasteiger partial charge in [-0.05, 0) is 26.3 Å². The minimum atomic E-state index is -1.33. The van der Waals surface area contributed by atoms with Gasteiger partial charge in [0.1, 0.15) is 11.3 Å². The van der Waals surface area contributed by atoms with Crippen molar-refractivity contribution in [1.29, 1.82) is 0 Å². The predicted octanol–water partition coefficient (Wildman–Crippen LogP) is 1.98. The SMILES string of the molecule is CC/C=C/C=C/C1(C)OC(CC(C)O)=C(C(=O)O)C1=O. The van der Waals surface area contributed by atoms with Gasteiger partial charge in [-0.2, -0.15) is 0 Å². The number of carbonyl (C=O) groups excluding carboxylic acids is 1. The minimum Gasteiger partial charge on any atom is -0.478 e. The van der Waals surface area contributed by atoms with Crippen LogP contribution in [0.25, 0.3) is 0 Å². The summed E-state index contributed by atoms with van der Waals surface area (Å²) in [7, 11) is 0. The van der Waals surface area contributed by atoms with Crippen molar-refractivity contribution in [2.45, 2.75) is 45.3 Å². The number of hydrogen-bond acceptors (Lipinski definition) is 4. The Kier molecular flexibility index (Phi) is 5.27. The zero-order valence-electron chi connectivity index (χ0n) is 11.9. The first-order valence-corrected chi connectivity index (χ1v) is 6.54. The van der Waals surface area contributed by atoms with E-state index in [4.69, 9.17) is 9.84 Å². The molecule has 20 heavy (non-hydrogen) atoms. The second-order valence-corrected chi connectivity index (χ2v) is 4.89. The number of ether oxygens (including phenoxy) is 1. The topological polar surface area (TPSA) is 83.8 Å². The van der Waals surface area contributed by atoms with E-state index in [1.54, 1.807) is 12.2 Å². The standard InChI is InChI=1S/C15H20O5/c1-4-5-6-7-8-15(3)13(17)12(14(18)19)11(20-15)9-10(2)16/h5-8,10,16H,4,9H2,1-3H3,(H,18,19)/b6-5+,8-7+. The lowest BCUT2D eigenvalue weighted by atomic mass is 9.96. The Morgan fingerprint density at radius 1 is 1.45 bits per heavy atom. The molecule has 5 heteroatoms. The molecule has 0 saturated carbocycles. The number of Topliss-reactive ketones (excluding diaryl/α,β-unsaturated/α-hetero) is 1. The molecule has 1 aliphatic rings. The van der Waals surface area contributed by atoms with Gasteiger partial charge in [-0.3, -0.25) is 4.79 Å². The maximum atomic E-state index is 12.2. The first-order chi connectivity index (χ1) is 9.31. The van der Waals surface area contributed by atoms with Gasteiger partial charge < -0.3 is 14.9 Å². The van der Waals surface area contributed by atoms with Crippen molar-refractivity contribution >= 4 is 11.8 Å². The molecular formula is C15H20O5. The van der Waals surface area contributed by atoms with Crippen LogP contribution in [0.1, 0.15) is 33.6 Å². The molecule has 0 spiro atoms. The molecule has 0 bridgehead atoms. The van der Waals surface area contributed by atoms with Crippen molar-refractivity contribution in [2.24, 2.45) is 0 Å². The summed E-state index contributed by atoms with van der Waals surface area (Å²) in [6.07, 6.45) is 6.95. The third kappa shape index (κ3) is 3.57. The monoisotopic (exact) mass is 280 g/mol. The second-order valence-electron chi connectivity index (χ2n) is 4.89. The highest BCUT2D eigenvalue weighted by Crippen LogP contribution is 2.34. The minimum absolute atomic E-state index is 0.00159. The fourth-order valence-electron chi connectivity index (χ4n) is 1.92. The Morgan fingerprint density at radius 3 is 2.60 bits per heavy atom. The van der Waals surface area contributed by atoms with Crippen LogP contribution in [0.2, 0.25) is 0 Å². The van der Waals surface area contributed by atoms with Gasteiger partial charge in [0.15, 0.2) is 5.60 Å². The van der Waals surface area contributed by atoms with Crippen molar-refractivity contribution in [3.63, 3.8) is 0 Å². The number of aliphatic hydroxyl groups excluding tert-OH is 1. The molecule has 2 N–H and O–H groups in total. The van der Waals surface area contributed by atoms with Crippen LogP contribution in [0, 0.1) is 0 Å². The van der Waals surface area contributed by atoms with Crippen LogP contribution in [0.4, 0.5) is 0 Å². The third-order valence-corrected chi connectivity index (χ3v) is 2.88. The van der Waals surface area contributed by atoms with Crippen molar-refractivity contribution in [1.82, 2.24) is 0 Å². The number of hydrogen-bond donors (Lipinski definition) is 2. The lowest BCUT2D eigenvalue weighted by Crippen LogP contribution is -2.32. The van der Waals surface area contributed by atoms with Crippen LogP contribution in [0.3, 0.4) is 0 Å². The van der Waals surface area contributed by atoms with E-state index in [9.17, 15) is 14.7 Å². The molecule has 110 valence electrons. The summed E-state index contributed by atoms with van der Waals surface area (Å²) < 4.78 is 5.49. The molecule has 0 amide bonds. The molecule has 0 radical (unpaired) electrons. The molecule has 1 heterocycles. The first kappa shape index (κ1) is 16.2. The maximum Gasteiger partial charge on any atom is 0.342 e. The quantitative estimate of drug-likeness (QED) is 0.574. The summed E-state index contributed by atoms with van der Waals surface area (Å²) in [5.41, 5.74) is -1.70. The summed E-state index contributed by atoms with van der Waals surface area (Å²) >= 11 is 0.